The molecule has 0 amide bonds. The molecule has 1 saturated heterocycles. The summed E-state index contributed by atoms with van der Waals surface area (Å²) < 4.78 is 16.1. The first-order valence-electron chi connectivity index (χ1n) is 10.7. The molecule has 1 fully saturated rings. The second-order valence-electron chi connectivity index (χ2n) is 9.10. The van der Waals surface area contributed by atoms with Gasteiger partial charge in [-0.1, -0.05) is 24.3 Å². The van der Waals surface area contributed by atoms with Gasteiger partial charge in [-0.3, -0.25) is 4.79 Å². The molecule has 1 aliphatic heterocycles. The molecular formula is C25H30FN3O. The van der Waals surface area contributed by atoms with E-state index < -0.39 is 5.67 Å². The van der Waals surface area contributed by atoms with Crippen LogP contribution in [-0.4, -0.2) is 45.5 Å². The van der Waals surface area contributed by atoms with Crippen molar-refractivity contribution in [3.05, 3.63) is 65.5 Å². The Labute approximate surface area is 177 Å². The Hall–Kier alpha value is -2.53. The van der Waals surface area contributed by atoms with E-state index in [1.165, 1.54) is 10.9 Å². The van der Waals surface area contributed by atoms with E-state index in [1.54, 1.807) is 20.8 Å². The third-order valence-corrected chi connectivity index (χ3v) is 6.04. The molecule has 0 N–H and O–H groups in total. The maximum Gasteiger partial charge on any atom is 0.159 e. The highest BCUT2D eigenvalue weighted by atomic mass is 19.1. The number of benzene rings is 1. The summed E-state index contributed by atoms with van der Waals surface area (Å²) in [5.41, 5.74) is 3.09. The van der Waals surface area contributed by atoms with Crippen LogP contribution in [-0.2, 0) is 6.54 Å². The van der Waals surface area contributed by atoms with Gasteiger partial charge in [0.05, 0.1) is 0 Å². The van der Waals surface area contributed by atoms with Gasteiger partial charge in [-0.25, -0.2) is 9.37 Å². The molecule has 0 saturated carbocycles. The average molecular weight is 408 g/mol. The molecule has 0 bridgehead atoms. The summed E-state index contributed by atoms with van der Waals surface area (Å²) in [6, 6.07) is 12.1. The van der Waals surface area contributed by atoms with Gasteiger partial charge in [0.1, 0.15) is 11.3 Å². The zero-order chi connectivity index (χ0) is 21.3. The molecule has 1 aliphatic rings. The number of carbonyl (C=O) groups is 1. The van der Waals surface area contributed by atoms with Gasteiger partial charge < -0.3 is 9.47 Å². The fourth-order valence-corrected chi connectivity index (χ4v) is 4.57. The minimum absolute atomic E-state index is 0.0837. The summed E-state index contributed by atoms with van der Waals surface area (Å²) in [7, 11) is 0. The van der Waals surface area contributed by atoms with Gasteiger partial charge >= 0.3 is 0 Å². The molecule has 4 nitrogen and oxygen atoms in total. The van der Waals surface area contributed by atoms with Crippen molar-refractivity contribution in [2.75, 3.05) is 19.6 Å². The minimum Gasteiger partial charge on any atom is -0.328 e. The number of aromatic nitrogens is 2. The number of hydrogen-bond donors (Lipinski definition) is 0. The van der Waals surface area contributed by atoms with Crippen molar-refractivity contribution >= 4 is 16.8 Å². The Morgan fingerprint density at radius 1 is 1.13 bits per heavy atom. The molecular weight excluding hydrogens is 377 g/mol. The van der Waals surface area contributed by atoms with E-state index in [2.05, 4.69) is 32.8 Å². The molecule has 0 radical (unpaired) electrons. The number of ketones is 1. The number of alkyl halides is 1. The summed E-state index contributed by atoms with van der Waals surface area (Å²) in [5, 5.41) is 1.21. The Morgan fingerprint density at radius 3 is 2.47 bits per heavy atom. The second kappa shape index (κ2) is 8.31. The summed E-state index contributed by atoms with van der Waals surface area (Å²) >= 11 is 0. The van der Waals surface area contributed by atoms with E-state index in [0.29, 0.717) is 12.5 Å². The Balaban J connectivity index is 1.50. The fourth-order valence-electron chi connectivity index (χ4n) is 4.57. The van der Waals surface area contributed by atoms with Gasteiger partial charge in [0.15, 0.2) is 5.78 Å². The van der Waals surface area contributed by atoms with Gasteiger partial charge in [0.25, 0.3) is 0 Å². The van der Waals surface area contributed by atoms with E-state index in [1.807, 2.05) is 30.5 Å². The maximum absolute atomic E-state index is 14.0. The smallest absolute Gasteiger partial charge is 0.159 e. The highest BCUT2D eigenvalue weighted by molar-refractivity contribution is 5.94. The van der Waals surface area contributed by atoms with Crippen LogP contribution in [0.3, 0.4) is 0 Å². The average Bonchev–Trinajstić information content (AvgIpc) is 3.11. The van der Waals surface area contributed by atoms with Crippen molar-refractivity contribution < 1.29 is 9.18 Å². The van der Waals surface area contributed by atoms with E-state index >= 15 is 0 Å². The number of nitrogens with zero attached hydrogens (tertiary/aromatic N) is 3. The molecule has 1 aromatic carbocycles. The number of pyridine rings is 1. The summed E-state index contributed by atoms with van der Waals surface area (Å²) in [6.07, 6.45) is 6.10. The van der Waals surface area contributed by atoms with Gasteiger partial charge in [-0.15, -0.1) is 0 Å². The van der Waals surface area contributed by atoms with Crippen LogP contribution in [0, 0.1) is 0 Å². The number of likely N-dealkylation sites (tertiary alicyclic amines) is 1. The van der Waals surface area contributed by atoms with E-state index in [9.17, 15) is 9.18 Å². The SMILES string of the molecule is CC(=O)c1ccc(Cn2ccc3c(C4CCN(CC(C)(C)F)CC4)ccnc32)cc1. The fraction of sp³-hybridized carbons (Fsp3) is 0.440. The number of carbonyl (C=O) groups excluding carboxylic acids is 1. The molecule has 2 aromatic heterocycles. The summed E-state index contributed by atoms with van der Waals surface area (Å²) in [5.74, 6) is 0.570. The third-order valence-electron chi connectivity index (χ3n) is 6.04. The van der Waals surface area contributed by atoms with Crippen LogP contribution in [0.15, 0.2) is 48.8 Å². The molecule has 0 unspecified atom stereocenters. The Kier molecular flexibility index (Phi) is 5.74. The monoisotopic (exact) mass is 407 g/mol. The number of halogens is 1. The van der Waals surface area contributed by atoms with Crippen molar-refractivity contribution in [3.8, 4) is 0 Å². The van der Waals surface area contributed by atoms with Gasteiger partial charge in [-0.2, -0.15) is 0 Å². The van der Waals surface area contributed by atoms with Crippen molar-refractivity contribution in [2.24, 2.45) is 0 Å². The quantitative estimate of drug-likeness (QED) is 0.526. The maximum atomic E-state index is 14.0. The zero-order valence-electron chi connectivity index (χ0n) is 18.1. The van der Waals surface area contributed by atoms with Gasteiger partial charge in [-0.05, 0) is 75.9 Å². The first-order valence-corrected chi connectivity index (χ1v) is 10.7. The number of piperidine rings is 1. The molecule has 0 atom stereocenters. The molecule has 0 aliphatic carbocycles. The Bertz CT molecular complexity index is 1020. The number of fused-ring (bicyclic) bond motifs is 1. The molecule has 158 valence electrons. The van der Waals surface area contributed by atoms with Crippen molar-refractivity contribution in [3.63, 3.8) is 0 Å². The lowest BCUT2D eigenvalue weighted by molar-refractivity contribution is 0.101. The molecule has 30 heavy (non-hydrogen) atoms. The van der Waals surface area contributed by atoms with E-state index in [4.69, 9.17) is 0 Å². The van der Waals surface area contributed by atoms with Crippen LogP contribution < -0.4 is 0 Å². The number of Topliss-reactive ketones (excluding diaryl/α,β-unsaturated/α-hetero) is 1. The van der Waals surface area contributed by atoms with Crippen LogP contribution in [0.2, 0.25) is 0 Å². The van der Waals surface area contributed by atoms with Gasteiger partial charge in [0.2, 0.25) is 0 Å². The topological polar surface area (TPSA) is 38.1 Å². The van der Waals surface area contributed by atoms with Crippen LogP contribution in [0.5, 0.6) is 0 Å². The van der Waals surface area contributed by atoms with Crippen molar-refractivity contribution in [1.29, 1.82) is 0 Å². The molecule has 5 heteroatoms. The predicted octanol–water partition coefficient (Wildman–Crippen LogP) is 5.21. The lowest BCUT2D eigenvalue weighted by atomic mass is 9.88. The number of hydrogen-bond acceptors (Lipinski definition) is 3. The second-order valence-corrected chi connectivity index (χ2v) is 9.10. The van der Waals surface area contributed by atoms with Gasteiger partial charge in [0, 0.05) is 36.4 Å². The molecule has 3 heterocycles. The standard InChI is InChI=1S/C25H30FN3O/c1-18(30)20-6-4-19(5-7-20)16-29-15-11-23-22(8-12-27-24(23)29)21-9-13-28(14-10-21)17-25(2,3)26/h4-8,11-12,15,21H,9-10,13-14,16-17H2,1-3H3. The molecule has 4 rings (SSSR count). The van der Waals surface area contributed by atoms with Crippen molar-refractivity contribution in [2.45, 2.75) is 51.7 Å². The highest BCUT2D eigenvalue weighted by Gasteiger charge is 2.27. The van der Waals surface area contributed by atoms with Crippen LogP contribution >= 0.6 is 0 Å². The van der Waals surface area contributed by atoms with Crippen LogP contribution in [0.4, 0.5) is 4.39 Å². The highest BCUT2D eigenvalue weighted by Crippen LogP contribution is 2.33. The lowest BCUT2D eigenvalue weighted by Gasteiger charge is -2.34. The largest absolute Gasteiger partial charge is 0.328 e. The van der Waals surface area contributed by atoms with E-state index in [-0.39, 0.29) is 5.78 Å². The lowest BCUT2D eigenvalue weighted by Crippen LogP contribution is -2.40. The van der Waals surface area contributed by atoms with Crippen molar-refractivity contribution in [1.82, 2.24) is 14.5 Å². The predicted molar refractivity (Wildman–Crippen MR) is 119 cm³/mol. The normalized spacial score (nSPS) is 16.3. The Morgan fingerprint density at radius 2 is 1.83 bits per heavy atom. The van der Waals surface area contributed by atoms with Crippen LogP contribution in [0.25, 0.3) is 11.0 Å². The van der Waals surface area contributed by atoms with E-state index in [0.717, 1.165) is 49.2 Å². The molecule has 3 aromatic rings. The first-order chi connectivity index (χ1) is 14.3. The third kappa shape index (κ3) is 4.62. The number of rotatable bonds is 6. The first kappa shape index (κ1) is 20.7. The minimum atomic E-state index is -1.14. The summed E-state index contributed by atoms with van der Waals surface area (Å²) in [6.45, 7) is 8.00. The van der Waals surface area contributed by atoms with Crippen LogP contribution in [0.1, 0.15) is 61.0 Å². The zero-order valence-corrected chi connectivity index (χ0v) is 18.1. The summed E-state index contributed by atoms with van der Waals surface area (Å²) in [4.78, 5) is 18.4. The molecule has 0 spiro atoms.